The standard InChI is InChI=1S/C15H16F3NO6S/c1-12(21)11(20)13(19-2,7-8-14(12)24-26(22,23)25-14)9-3-5-10(6-4-9)15(16,17)18/h3-6,19,21H,7-8H2,1-2H3/t12-,13+/m0/s1. The fourth-order valence-corrected chi connectivity index (χ4v) is 4.64. The fourth-order valence-electron chi connectivity index (χ4n) is 3.48. The van der Waals surface area contributed by atoms with Crippen molar-refractivity contribution in [2.45, 2.75) is 42.9 Å². The van der Waals surface area contributed by atoms with Crippen LogP contribution < -0.4 is 5.32 Å². The van der Waals surface area contributed by atoms with Gasteiger partial charge in [-0.2, -0.15) is 21.6 Å². The molecule has 1 saturated carbocycles. The first kappa shape index (κ1) is 19.2. The van der Waals surface area contributed by atoms with Gasteiger partial charge in [0.15, 0.2) is 11.4 Å². The van der Waals surface area contributed by atoms with Crippen molar-refractivity contribution in [2.75, 3.05) is 7.05 Å². The number of hydrogen-bond acceptors (Lipinski definition) is 7. The van der Waals surface area contributed by atoms with Crippen LogP contribution in [0.5, 0.6) is 0 Å². The smallest absolute Gasteiger partial charge is 0.377 e. The van der Waals surface area contributed by atoms with Gasteiger partial charge < -0.3 is 10.4 Å². The Morgan fingerprint density at radius 2 is 1.69 bits per heavy atom. The molecule has 2 N–H and O–H groups in total. The van der Waals surface area contributed by atoms with E-state index in [1.165, 1.54) is 7.05 Å². The number of carbonyl (C=O) groups is 1. The van der Waals surface area contributed by atoms with E-state index in [2.05, 4.69) is 13.7 Å². The highest BCUT2D eigenvalue weighted by Crippen LogP contribution is 2.52. The lowest BCUT2D eigenvalue weighted by atomic mass is 9.66. The number of rotatable bonds is 2. The summed E-state index contributed by atoms with van der Waals surface area (Å²) in [6, 6.07) is 3.96. The van der Waals surface area contributed by atoms with Crippen LogP contribution in [0, 0.1) is 0 Å². The van der Waals surface area contributed by atoms with Crippen molar-refractivity contribution >= 4 is 16.2 Å². The lowest BCUT2D eigenvalue weighted by molar-refractivity contribution is -0.289. The Balaban J connectivity index is 2.00. The fraction of sp³-hybridized carbons (Fsp3) is 0.533. The highest BCUT2D eigenvalue weighted by Gasteiger charge is 2.72. The van der Waals surface area contributed by atoms with Gasteiger partial charge in [0, 0.05) is 6.42 Å². The van der Waals surface area contributed by atoms with E-state index in [-0.39, 0.29) is 18.4 Å². The van der Waals surface area contributed by atoms with Crippen molar-refractivity contribution in [1.29, 1.82) is 0 Å². The van der Waals surface area contributed by atoms with Crippen molar-refractivity contribution in [3.63, 3.8) is 0 Å². The number of likely N-dealkylation sites (N-methyl/N-ethyl adjacent to an activating group) is 1. The lowest BCUT2D eigenvalue weighted by Crippen LogP contribution is -2.75. The molecule has 1 spiro atoms. The van der Waals surface area contributed by atoms with Crippen LogP contribution in [0.2, 0.25) is 0 Å². The molecule has 2 atom stereocenters. The van der Waals surface area contributed by atoms with Gasteiger partial charge >= 0.3 is 16.6 Å². The molecule has 0 radical (unpaired) electrons. The Hall–Kier alpha value is -1.53. The molecule has 1 heterocycles. The minimum Gasteiger partial charge on any atom is -0.377 e. The van der Waals surface area contributed by atoms with Gasteiger partial charge in [-0.3, -0.25) is 4.79 Å². The third kappa shape index (κ3) is 2.57. The highest BCUT2D eigenvalue weighted by atomic mass is 32.3. The number of carbonyl (C=O) groups excluding carboxylic acids is 1. The van der Waals surface area contributed by atoms with E-state index in [0.29, 0.717) is 0 Å². The van der Waals surface area contributed by atoms with Gasteiger partial charge in [0.25, 0.3) is 0 Å². The van der Waals surface area contributed by atoms with Gasteiger partial charge in [-0.1, -0.05) is 12.1 Å². The van der Waals surface area contributed by atoms with Gasteiger partial charge in [-0.05, 0) is 38.1 Å². The van der Waals surface area contributed by atoms with Crippen LogP contribution >= 0.6 is 0 Å². The number of Topliss-reactive ketones (excluding diaryl/α,β-unsaturated/α-hetero) is 1. The molecule has 1 aliphatic heterocycles. The van der Waals surface area contributed by atoms with Crippen LogP contribution in [0.4, 0.5) is 13.2 Å². The summed E-state index contributed by atoms with van der Waals surface area (Å²) in [5, 5.41) is 13.4. The van der Waals surface area contributed by atoms with E-state index in [4.69, 9.17) is 0 Å². The quantitative estimate of drug-likeness (QED) is 0.776. The zero-order valence-electron chi connectivity index (χ0n) is 13.8. The molecule has 1 aromatic rings. The van der Waals surface area contributed by atoms with Gasteiger partial charge in [0.1, 0.15) is 5.54 Å². The highest BCUT2D eigenvalue weighted by molar-refractivity contribution is 7.82. The van der Waals surface area contributed by atoms with Gasteiger partial charge in [0.05, 0.1) is 5.56 Å². The second-order valence-electron chi connectivity index (χ2n) is 6.46. The lowest BCUT2D eigenvalue weighted by Gasteiger charge is -2.54. The van der Waals surface area contributed by atoms with Crippen molar-refractivity contribution in [2.24, 2.45) is 0 Å². The zero-order valence-corrected chi connectivity index (χ0v) is 14.6. The Bertz CT molecular complexity index is 837. The molecule has 1 aliphatic carbocycles. The molecule has 26 heavy (non-hydrogen) atoms. The first-order chi connectivity index (χ1) is 11.8. The summed E-state index contributed by atoms with van der Waals surface area (Å²) in [6.07, 6.45) is -4.76. The monoisotopic (exact) mass is 395 g/mol. The van der Waals surface area contributed by atoms with Crippen molar-refractivity contribution in [3.8, 4) is 0 Å². The van der Waals surface area contributed by atoms with Crippen molar-refractivity contribution in [1.82, 2.24) is 5.32 Å². The summed E-state index contributed by atoms with van der Waals surface area (Å²) in [5.74, 6) is -2.90. The molecule has 7 nitrogen and oxygen atoms in total. The number of hydrogen-bond donors (Lipinski definition) is 2. The molecule has 0 aromatic heterocycles. The molecule has 1 aromatic carbocycles. The molecule has 0 bridgehead atoms. The molecule has 11 heteroatoms. The van der Waals surface area contributed by atoms with Crippen LogP contribution in [0.15, 0.2) is 24.3 Å². The Labute approximate surface area is 147 Å². The number of ketones is 1. The molecular weight excluding hydrogens is 379 g/mol. The third-order valence-corrected chi connectivity index (χ3v) is 5.95. The third-order valence-electron chi connectivity index (χ3n) is 5.01. The maximum atomic E-state index is 13.0. The molecule has 1 saturated heterocycles. The topological polar surface area (TPSA) is 102 Å². The van der Waals surface area contributed by atoms with Crippen LogP contribution in [-0.4, -0.2) is 37.7 Å². The van der Waals surface area contributed by atoms with Gasteiger partial charge in [0.2, 0.25) is 5.79 Å². The van der Waals surface area contributed by atoms with E-state index < -0.39 is 44.8 Å². The Morgan fingerprint density at radius 3 is 2.12 bits per heavy atom. The Kier molecular flexibility index (Phi) is 4.06. The van der Waals surface area contributed by atoms with Crippen molar-refractivity contribution in [3.05, 3.63) is 35.4 Å². The number of alkyl halides is 3. The number of benzene rings is 1. The van der Waals surface area contributed by atoms with Crippen molar-refractivity contribution < 1.29 is 39.9 Å². The average molecular weight is 395 g/mol. The molecule has 2 fully saturated rings. The van der Waals surface area contributed by atoms with Crippen LogP contribution in [-0.2, 0) is 35.3 Å². The summed E-state index contributed by atoms with van der Waals surface area (Å²) in [4.78, 5) is 13.0. The van der Waals surface area contributed by atoms with E-state index in [1.54, 1.807) is 0 Å². The predicted molar refractivity (Wildman–Crippen MR) is 80.9 cm³/mol. The van der Waals surface area contributed by atoms with E-state index in [9.17, 15) is 31.5 Å². The summed E-state index contributed by atoms with van der Waals surface area (Å²) in [7, 11) is -2.85. The summed E-state index contributed by atoms with van der Waals surface area (Å²) >= 11 is 0. The van der Waals surface area contributed by atoms with E-state index in [0.717, 1.165) is 31.2 Å². The molecule has 144 valence electrons. The average Bonchev–Trinajstić information content (AvgIpc) is 2.51. The molecule has 0 unspecified atom stereocenters. The minimum absolute atomic E-state index is 0.0562. The maximum Gasteiger partial charge on any atom is 0.416 e. The molecule has 0 amide bonds. The SMILES string of the molecule is CN[C@@]1(c2ccc(C(F)(F)F)cc2)CCC2(OS(=O)(=O)O2)[C@@](C)(O)C1=O. The number of halogens is 3. The maximum absolute atomic E-state index is 13.0. The van der Waals surface area contributed by atoms with Gasteiger partial charge in [-0.25, -0.2) is 8.37 Å². The second kappa shape index (κ2) is 5.49. The normalized spacial score (nSPS) is 33.1. The summed E-state index contributed by atoms with van der Waals surface area (Å²) < 4.78 is 70.0. The molecule has 2 aliphatic rings. The number of aliphatic hydroxyl groups is 1. The van der Waals surface area contributed by atoms with Crippen LogP contribution in [0.25, 0.3) is 0 Å². The van der Waals surface area contributed by atoms with Gasteiger partial charge in [-0.15, -0.1) is 0 Å². The Morgan fingerprint density at radius 1 is 1.15 bits per heavy atom. The first-order valence-electron chi connectivity index (χ1n) is 7.60. The summed E-state index contributed by atoms with van der Waals surface area (Å²) in [5.41, 5.74) is -4.54. The largest absolute Gasteiger partial charge is 0.416 e. The minimum atomic E-state index is -4.53. The molecule has 3 rings (SSSR count). The van der Waals surface area contributed by atoms with Crippen LogP contribution in [0.1, 0.15) is 30.9 Å². The second-order valence-corrected chi connectivity index (χ2v) is 7.61. The predicted octanol–water partition coefficient (Wildman–Crippen LogP) is 1.22. The first-order valence-corrected chi connectivity index (χ1v) is 8.93. The van der Waals surface area contributed by atoms with E-state index in [1.807, 2.05) is 0 Å². The summed E-state index contributed by atoms with van der Waals surface area (Å²) in [6.45, 7) is 1.05. The molecular formula is C15H16F3NO6S. The van der Waals surface area contributed by atoms with E-state index >= 15 is 0 Å². The zero-order chi connectivity index (χ0) is 19.6. The van der Waals surface area contributed by atoms with Crippen LogP contribution in [0.3, 0.4) is 0 Å². The number of nitrogens with one attached hydrogen (secondary N) is 1.